The van der Waals surface area contributed by atoms with Crippen molar-refractivity contribution in [3.05, 3.63) is 48.8 Å². The molecule has 1 unspecified atom stereocenters. The summed E-state index contributed by atoms with van der Waals surface area (Å²) in [5, 5.41) is 0. The Bertz CT molecular complexity index is 942. The van der Waals surface area contributed by atoms with E-state index >= 15 is 0 Å². The second kappa shape index (κ2) is 6.98. The fourth-order valence-electron chi connectivity index (χ4n) is 3.95. The van der Waals surface area contributed by atoms with Crippen LogP contribution in [0.5, 0.6) is 0 Å². The molecule has 4 rings (SSSR count). The minimum atomic E-state index is -0.763. The molecule has 1 aromatic carbocycles. The summed E-state index contributed by atoms with van der Waals surface area (Å²) in [4.78, 5) is 47.2. The normalized spacial score (nSPS) is 21.3. The van der Waals surface area contributed by atoms with Gasteiger partial charge in [-0.3, -0.25) is 9.59 Å². The summed E-state index contributed by atoms with van der Waals surface area (Å²) < 4.78 is 14.9. The number of nitrogens with zero attached hydrogens (tertiary/aromatic N) is 5. The molecule has 1 atom stereocenters. The van der Waals surface area contributed by atoms with Crippen LogP contribution in [0.2, 0.25) is 0 Å². The van der Waals surface area contributed by atoms with E-state index in [2.05, 4.69) is 4.98 Å². The van der Waals surface area contributed by atoms with Crippen LogP contribution in [0.3, 0.4) is 0 Å². The highest BCUT2D eigenvalue weighted by Crippen LogP contribution is 2.32. The van der Waals surface area contributed by atoms with Gasteiger partial charge in [0.05, 0.1) is 18.6 Å². The third-order valence-corrected chi connectivity index (χ3v) is 5.24. The molecule has 29 heavy (non-hydrogen) atoms. The van der Waals surface area contributed by atoms with E-state index in [1.54, 1.807) is 28.2 Å². The molecule has 0 radical (unpaired) electrons. The van der Waals surface area contributed by atoms with E-state index in [1.165, 1.54) is 29.2 Å². The second-order valence-corrected chi connectivity index (χ2v) is 8.25. The number of amides is 4. The molecule has 2 aliphatic heterocycles. The largest absolute Gasteiger partial charge is 0.338 e. The molecule has 152 valence electrons. The Morgan fingerprint density at radius 3 is 2.59 bits per heavy atom. The number of carbonyl (C=O) groups is 3. The second-order valence-electron chi connectivity index (χ2n) is 8.25. The first-order chi connectivity index (χ1) is 13.7. The molecule has 0 spiro atoms. The number of rotatable bonds is 3. The summed E-state index contributed by atoms with van der Waals surface area (Å²) in [6.07, 6.45) is 4.86. The maximum atomic E-state index is 13.3. The fourth-order valence-corrected chi connectivity index (χ4v) is 3.95. The SMILES string of the molecule is CC1(C)CN(C(=O)Cn2ccnc2)CC2C(=O)N(c3ccc(F)cc3)C(=O)N2C1. The lowest BCUT2D eigenvalue weighted by atomic mass is 9.92. The average Bonchev–Trinajstić information content (AvgIpc) is 3.20. The van der Waals surface area contributed by atoms with Crippen LogP contribution in [0.1, 0.15) is 13.8 Å². The molecule has 0 N–H and O–H groups in total. The van der Waals surface area contributed by atoms with Gasteiger partial charge in [-0.05, 0) is 24.3 Å². The maximum Gasteiger partial charge on any atom is 0.332 e. The molecule has 8 nitrogen and oxygen atoms in total. The Labute approximate surface area is 167 Å². The summed E-state index contributed by atoms with van der Waals surface area (Å²) in [6.45, 7) is 4.95. The van der Waals surface area contributed by atoms with E-state index < -0.39 is 29.2 Å². The number of urea groups is 1. The monoisotopic (exact) mass is 399 g/mol. The number of imidazole rings is 1. The van der Waals surface area contributed by atoms with Crippen molar-refractivity contribution in [2.75, 3.05) is 24.5 Å². The molecule has 1 aromatic heterocycles. The van der Waals surface area contributed by atoms with E-state index in [-0.39, 0.29) is 19.0 Å². The summed E-state index contributed by atoms with van der Waals surface area (Å²) in [6, 6.07) is 4.04. The first-order valence-electron chi connectivity index (χ1n) is 9.39. The molecule has 0 saturated carbocycles. The lowest BCUT2D eigenvalue weighted by Crippen LogP contribution is -2.45. The molecule has 4 amide bonds. The minimum Gasteiger partial charge on any atom is -0.338 e. The molecular formula is C20H22FN5O3. The van der Waals surface area contributed by atoms with Crippen LogP contribution >= 0.6 is 0 Å². The Morgan fingerprint density at radius 2 is 1.93 bits per heavy atom. The molecule has 2 aliphatic rings. The molecule has 2 fully saturated rings. The Kier molecular flexibility index (Phi) is 4.60. The molecule has 2 aromatic rings. The number of imide groups is 1. The summed E-state index contributed by atoms with van der Waals surface area (Å²) in [5.41, 5.74) is -0.0720. The van der Waals surface area contributed by atoms with Crippen LogP contribution < -0.4 is 4.90 Å². The standard InChI is InChI=1S/C20H22FN5O3/c1-20(2)11-24(17(27)10-23-8-7-22-13-23)9-16-18(28)26(19(29)25(16)12-20)15-5-3-14(21)4-6-15/h3-8,13,16H,9-12H2,1-2H3. The summed E-state index contributed by atoms with van der Waals surface area (Å²) in [7, 11) is 0. The number of hydrogen-bond acceptors (Lipinski definition) is 4. The van der Waals surface area contributed by atoms with Gasteiger partial charge in [0.25, 0.3) is 5.91 Å². The van der Waals surface area contributed by atoms with Crippen LogP contribution in [0.4, 0.5) is 14.9 Å². The van der Waals surface area contributed by atoms with Gasteiger partial charge in [-0.2, -0.15) is 0 Å². The van der Waals surface area contributed by atoms with E-state index in [4.69, 9.17) is 0 Å². The van der Waals surface area contributed by atoms with Crippen molar-refractivity contribution in [2.24, 2.45) is 5.41 Å². The summed E-state index contributed by atoms with van der Waals surface area (Å²) >= 11 is 0. The molecule has 9 heteroatoms. The van der Waals surface area contributed by atoms with Gasteiger partial charge >= 0.3 is 6.03 Å². The van der Waals surface area contributed by atoms with Crippen molar-refractivity contribution >= 4 is 23.5 Å². The van der Waals surface area contributed by atoms with E-state index in [0.29, 0.717) is 18.8 Å². The smallest absolute Gasteiger partial charge is 0.332 e. The number of anilines is 1. The number of benzene rings is 1. The quantitative estimate of drug-likeness (QED) is 0.737. The van der Waals surface area contributed by atoms with Gasteiger partial charge in [-0.15, -0.1) is 0 Å². The van der Waals surface area contributed by atoms with Gasteiger partial charge < -0.3 is 14.4 Å². The number of aromatic nitrogens is 2. The highest BCUT2D eigenvalue weighted by molar-refractivity contribution is 6.21. The van der Waals surface area contributed by atoms with Crippen LogP contribution in [-0.2, 0) is 16.1 Å². The fraction of sp³-hybridized carbons (Fsp3) is 0.400. The Morgan fingerprint density at radius 1 is 1.21 bits per heavy atom. The highest BCUT2D eigenvalue weighted by atomic mass is 19.1. The Balaban J connectivity index is 1.61. The average molecular weight is 399 g/mol. The van der Waals surface area contributed by atoms with Gasteiger partial charge in [0.2, 0.25) is 5.91 Å². The lowest BCUT2D eigenvalue weighted by Gasteiger charge is -2.30. The number of hydrogen-bond donors (Lipinski definition) is 0. The van der Waals surface area contributed by atoms with Crippen LogP contribution in [0.25, 0.3) is 0 Å². The van der Waals surface area contributed by atoms with E-state index in [9.17, 15) is 18.8 Å². The van der Waals surface area contributed by atoms with Crippen LogP contribution in [0, 0.1) is 11.2 Å². The van der Waals surface area contributed by atoms with Gasteiger partial charge in [0.1, 0.15) is 18.4 Å². The minimum absolute atomic E-state index is 0.118. The zero-order valence-corrected chi connectivity index (χ0v) is 16.3. The topological polar surface area (TPSA) is 78.8 Å². The number of carbonyl (C=O) groups excluding carboxylic acids is 3. The van der Waals surface area contributed by atoms with Crippen molar-refractivity contribution in [3.8, 4) is 0 Å². The van der Waals surface area contributed by atoms with E-state index in [0.717, 1.165) is 4.90 Å². The first-order valence-corrected chi connectivity index (χ1v) is 9.39. The third-order valence-electron chi connectivity index (χ3n) is 5.24. The van der Waals surface area contributed by atoms with Gasteiger partial charge in [0.15, 0.2) is 0 Å². The third kappa shape index (κ3) is 3.59. The highest BCUT2D eigenvalue weighted by Gasteiger charge is 2.50. The van der Waals surface area contributed by atoms with Crippen molar-refractivity contribution in [3.63, 3.8) is 0 Å². The summed E-state index contributed by atoms with van der Waals surface area (Å²) in [5.74, 6) is -0.988. The first kappa shape index (κ1) is 19.1. The van der Waals surface area contributed by atoms with Gasteiger partial charge in [0, 0.05) is 30.9 Å². The predicted octanol–water partition coefficient (Wildman–Crippen LogP) is 1.73. The van der Waals surface area contributed by atoms with Crippen molar-refractivity contribution in [2.45, 2.75) is 26.4 Å². The van der Waals surface area contributed by atoms with Crippen molar-refractivity contribution in [1.29, 1.82) is 0 Å². The zero-order valence-electron chi connectivity index (χ0n) is 16.3. The maximum absolute atomic E-state index is 13.3. The molecule has 0 aliphatic carbocycles. The number of fused-ring (bicyclic) bond motifs is 1. The van der Waals surface area contributed by atoms with Crippen LogP contribution in [0.15, 0.2) is 43.0 Å². The van der Waals surface area contributed by atoms with Gasteiger partial charge in [-0.1, -0.05) is 13.8 Å². The molecule has 0 bridgehead atoms. The van der Waals surface area contributed by atoms with Crippen molar-refractivity contribution < 1.29 is 18.8 Å². The van der Waals surface area contributed by atoms with E-state index in [1.807, 2.05) is 13.8 Å². The Hall–Kier alpha value is -3.23. The van der Waals surface area contributed by atoms with Crippen LogP contribution in [-0.4, -0.2) is 62.9 Å². The zero-order chi connectivity index (χ0) is 20.8. The predicted molar refractivity (Wildman–Crippen MR) is 102 cm³/mol. The molecule has 2 saturated heterocycles. The van der Waals surface area contributed by atoms with Gasteiger partial charge in [-0.25, -0.2) is 19.1 Å². The molecule has 3 heterocycles. The van der Waals surface area contributed by atoms with Crippen molar-refractivity contribution in [1.82, 2.24) is 19.4 Å². The lowest BCUT2D eigenvalue weighted by molar-refractivity contribution is -0.133. The molecular weight excluding hydrogens is 377 g/mol. The number of halogens is 1.